The molecule has 1 aromatic carbocycles. The van der Waals surface area contributed by atoms with Gasteiger partial charge in [-0.3, -0.25) is 4.79 Å². The van der Waals surface area contributed by atoms with Gasteiger partial charge >= 0.3 is 0 Å². The number of unbranched alkanes of at least 4 members (excludes halogenated alkanes) is 11. The summed E-state index contributed by atoms with van der Waals surface area (Å²) in [6.07, 6.45) is 22.0. The Morgan fingerprint density at radius 1 is 0.805 bits per heavy atom. The first kappa shape index (κ1) is 37.4. The van der Waals surface area contributed by atoms with Crippen molar-refractivity contribution in [1.82, 2.24) is 5.32 Å². The standard InChI is InChI=1S/C36H58N2O2.HI/c1-7-10-11-12-13-14-15-16-17-18-19-20-28-40-34-22-21-31(29-32(34)36(4,5)6)33(9-3)37-35(39)30-23-26-38(25-8-2)27-24-30;/h21-24,26-27,29,33H,7-20,25,28H2,1-6H3;1H. The normalized spacial score (nSPS) is 12.0. The van der Waals surface area contributed by atoms with Gasteiger partial charge in [0, 0.05) is 18.6 Å². The molecule has 0 aliphatic rings. The molecule has 0 bridgehead atoms. The van der Waals surface area contributed by atoms with Gasteiger partial charge in [0.2, 0.25) is 0 Å². The quantitative estimate of drug-likeness (QED) is 0.0970. The van der Waals surface area contributed by atoms with Gasteiger partial charge in [-0.05, 0) is 41.5 Å². The van der Waals surface area contributed by atoms with Gasteiger partial charge in [-0.25, -0.2) is 4.57 Å². The highest BCUT2D eigenvalue weighted by molar-refractivity contribution is 5.94. The van der Waals surface area contributed by atoms with Crippen LogP contribution in [0.25, 0.3) is 0 Å². The van der Waals surface area contributed by atoms with Crippen LogP contribution in [-0.4, -0.2) is 12.5 Å². The molecule has 1 atom stereocenters. The third-order valence-corrected chi connectivity index (χ3v) is 7.82. The second-order valence-corrected chi connectivity index (χ2v) is 12.5. The molecular weight excluding hydrogens is 619 g/mol. The van der Waals surface area contributed by atoms with Gasteiger partial charge in [0.25, 0.3) is 5.91 Å². The molecule has 1 amide bonds. The van der Waals surface area contributed by atoms with Gasteiger partial charge in [-0.15, -0.1) is 0 Å². The third kappa shape index (κ3) is 14.4. The summed E-state index contributed by atoms with van der Waals surface area (Å²) >= 11 is 0. The summed E-state index contributed by atoms with van der Waals surface area (Å²) in [6.45, 7) is 15.0. The van der Waals surface area contributed by atoms with Crippen molar-refractivity contribution in [2.75, 3.05) is 6.61 Å². The molecule has 0 saturated heterocycles. The predicted molar refractivity (Wildman–Crippen MR) is 169 cm³/mol. The number of pyridine rings is 1. The average molecular weight is 679 g/mol. The monoisotopic (exact) mass is 678 g/mol. The van der Waals surface area contributed by atoms with Crippen LogP contribution in [0.4, 0.5) is 0 Å². The Bertz CT molecular complexity index is 969. The van der Waals surface area contributed by atoms with Crippen molar-refractivity contribution >= 4 is 5.91 Å². The van der Waals surface area contributed by atoms with Crippen molar-refractivity contribution in [2.45, 2.75) is 149 Å². The molecular formula is C36H59IN2O2. The number of hydrogen-bond acceptors (Lipinski definition) is 2. The van der Waals surface area contributed by atoms with Crippen molar-refractivity contribution in [1.29, 1.82) is 0 Å². The number of nitrogens with one attached hydrogen (secondary N) is 1. The number of carbonyl (C=O) groups excluding carboxylic acids is 1. The predicted octanol–water partition coefficient (Wildman–Crippen LogP) is 6.65. The number of benzene rings is 1. The molecule has 0 aliphatic heterocycles. The zero-order chi connectivity index (χ0) is 29.2. The molecule has 1 aromatic heterocycles. The van der Waals surface area contributed by atoms with E-state index in [1.54, 1.807) is 0 Å². The van der Waals surface area contributed by atoms with Crippen LogP contribution in [0.2, 0.25) is 0 Å². The fourth-order valence-electron chi connectivity index (χ4n) is 5.28. The summed E-state index contributed by atoms with van der Waals surface area (Å²) in [6, 6.07) is 10.3. The summed E-state index contributed by atoms with van der Waals surface area (Å²) in [5.74, 6) is 0.948. The summed E-state index contributed by atoms with van der Waals surface area (Å²) in [5.41, 5.74) is 2.99. The average Bonchev–Trinajstić information content (AvgIpc) is 2.94. The minimum absolute atomic E-state index is 0. The van der Waals surface area contributed by atoms with Crippen LogP contribution in [0.3, 0.4) is 0 Å². The van der Waals surface area contributed by atoms with Gasteiger partial charge in [-0.2, -0.15) is 0 Å². The molecule has 2 aromatic rings. The molecule has 0 aliphatic carbocycles. The SMILES string of the molecule is CCCCCCCCCCCCCCOc1ccc(C(CC)NC(=O)c2cc[n+](CCC)cc2)cc1C(C)(C)C.[I-]. The topological polar surface area (TPSA) is 42.2 Å². The third-order valence-electron chi connectivity index (χ3n) is 7.82. The molecule has 5 heteroatoms. The van der Waals surface area contributed by atoms with Crippen LogP contribution in [-0.2, 0) is 12.0 Å². The molecule has 1 heterocycles. The second-order valence-electron chi connectivity index (χ2n) is 12.5. The smallest absolute Gasteiger partial charge is 0.252 e. The highest BCUT2D eigenvalue weighted by Gasteiger charge is 2.22. The Morgan fingerprint density at radius 3 is 1.88 bits per heavy atom. The van der Waals surface area contributed by atoms with Crippen LogP contribution in [0.1, 0.15) is 159 Å². The van der Waals surface area contributed by atoms with Crippen molar-refractivity contribution in [3.8, 4) is 5.75 Å². The van der Waals surface area contributed by atoms with E-state index in [-0.39, 0.29) is 41.3 Å². The van der Waals surface area contributed by atoms with E-state index >= 15 is 0 Å². The lowest BCUT2D eigenvalue weighted by Gasteiger charge is -2.26. The van der Waals surface area contributed by atoms with Crippen LogP contribution < -0.4 is 38.6 Å². The molecule has 0 fully saturated rings. The van der Waals surface area contributed by atoms with Crippen molar-refractivity contribution in [3.63, 3.8) is 0 Å². The number of amides is 1. The van der Waals surface area contributed by atoms with Gasteiger partial charge in [0.15, 0.2) is 12.4 Å². The van der Waals surface area contributed by atoms with Gasteiger partial charge < -0.3 is 34.0 Å². The van der Waals surface area contributed by atoms with E-state index < -0.39 is 0 Å². The number of halogens is 1. The van der Waals surface area contributed by atoms with E-state index in [1.807, 2.05) is 24.5 Å². The zero-order valence-corrected chi connectivity index (χ0v) is 29.2. The first-order valence-electron chi connectivity index (χ1n) is 16.4. The molecule has 2 rings (SSSR count). The Morgan fingerprint density at radius 2 is 1.37 bits per heavy atom. The van der Waals surface area contributed by atoms with Gasteiger partial charge in [-0.1, -0.05) is 118 Å². The highest BCUT2D eigenvalue weighted by atomic mass is 127. The van der Waals surface area contributed by atoms with Gasteiger partial charge in [0.05, 0.1) is 18.2 Å². The Kier molecular flexibility index (Phi) is 19.3. The first-order valence-corrected chi connectivity index (χ1v) is 16.4. The molecule has 41 heavy (non-hydrogen) atoms. The fraction of sp³-hybridized carbons (Fsp3) is 0.667. The maximum Gasteiger partial charge on any atom is 0.252 e. The van der Waals surface area contributed by atoms with E-state index in [4.69, 9.17) is 4.74 Å². The van der Waals surface area contributed by atoms with E-state index in [0.717, 1.165) is 43.7 Å². The maximum absolute atomic E-state index is 13.0. The molecule has 232 valence electrons. The molecule has 1 unspecified atom stereocenters. The lowest BCUT2D eigenvalue weighted by molar-refractivity contribution is -0.697. The second kappa shape index (κ2) is 21.1. The van der Waals surface area contributed by atoms with E-state index in [1.165, 1.54) is 76.2 Å². The van der Waals surface area contributed by atoms with Crippen LogP contribution in [0.15, 0.2) is 42.7 Å². The summed E-state index contributed by atoms with van der Waals surface area (Å²) < 4.78 is 8.43. The van der Waals surface area contributed by atoms with Crippen molar-refractivity contribution in [2.24, 2.45) is 0 Å². The van der Waals surface area contributed by atoms with Crippen LogP contribution in [0.5, 0.6) is 5.75 Å². The highest BCUT2D eigenvalue weighted by Crippen LogP contribution is 2.34. The summed E-state index contributed by atoms with van der Waals surface area (Å²) in [5, 5.41) is 3.26. The molecule has 4 nitrogen and oxygen atoms in total. The van der Waals surface area contributed by atoms with Crippen molar-refractivity contribution in [3.05, 3.63) is 59.4 Å². The lowest BCUT2D eigenvalue weighted by atomic mass is 9.84. The minimum Gasteiger partial charge on any atom is -1.00 e. The maximum atomic E-state index is 13.0. The zero-order valence-electron chi connectivity index (χ0n) is 27.1. The number of ether oxygens (including phenoxy) is 1. The number of nitrogens with zero attached hydrogens (tertiary/aromatic N) is 1. The van der Waals surface area contributed by atoms with Crippen LogP contribution >= 0.6 is 0 Å². The van der Waals surface area contributed by atoms with E-state index in [2.05, 4.69) is 69.6 Å². The minimum atomic E-state index is -0.0451. The first-order chi connectivity index (χ1) is 19.3. The lowest BCUT2D eigenvalue weighted by Crippen LogP contribution is -3.00. The number of aryl methyl sites for hydroxylation is 1. The Hall–Kier alpha value is -1.63. The molecule has 0 spiro atoms. The fourth-order valence-corrected chi connectivity index (χ4v) is 5.28. The summed E-state index contributed by atoms with van der Waals surface area (Å²) in [7, 11) is 0. The Balaban J connectivity index is 0.00000840. The number of aromatic nitrogens is 1. The van der Waals surface area contributed by atoms with Crippen molar-refractivity contribution < 1.29 is 38.1 Å². The number of rotatable bonds is 20. The van der Waals surface area contributed by atoms with Gasteiger partial charge in [0.1, 0.15) is 12.3 Å². The van der Waals surface area contributed by atoms with E-state index in [9.17, 15) is 4.79 Å². The largest absolute Gasteiger partial charge is 1.00 e. The number of carbonyl (C=O) groups is 1. The molecule has 0 saturated carbocycles. The summed E-state index contributed by atoms with van der Waals surface area (Å²) in [4.78, 5) is 13.0. The number of hydrogen-bond donors (Lipinski definition) is 1. The molecule has 0 radical (unpaired) electrons. The van der Waals surface area contributed by atoms with Crippen LogP contribution in [0, 0.1) is 0 Å². The van der Waals surface area contributed by atoms with E-state index in [0.29, 0.717) is 5.56 Å². The Labute approximate surface area is 269 Å². The molecule has 1 N–H and O–H groups in total.